The summed E-state index contributed by atoms with van der Waals surface area (Å²) < 4.78 is 5.48. The zero-order chi connectivity index (χ0) is 14.7. The smallest absolute Gasteiger partial charge is 0.161 e. The highest BCUT2D eigenvalue weighted by molar-refractivity contribution is 5.61. The van der Waals surface area contributed by atoms with Gasteiger partial charge in [-0.2, -0.15) is 0 Å². The number of nitrogens with one attached hydrogen (secondary N) is 1. The molecule has 110 valence electrons. The molecule has 0 bridgehead atoms. The first kappa shape index (κ1) is 13.9. The van der Waals surface area contributed by atoms with Crippen LogP contribution in [0.4, 0.5) is 5.82 Å². The fourth-order valence-electron chi connectivity index (χ4n) is 2.74. The highest BCUT2D eigenvalue weighted by Crippen LogP contribution is 2.29. The third-order valence-electron chi connectivity index (χ3n) is 3.70. The SMILES string of the molecule is CCNc1nc(-c2ccc(OCC)cc2)nc2c1CCC2. The molecular weight excluding hydrogens is 262 g/mol. The number of hydrogen-bond acceptors (Lipinski definition) is 4. The van der Waals surface area contributed by atoms with Crippen LogP contribution in [-0.4, -0.2) is 23.1 Å². The van der Waals surface area contributed by atoms with Crippen molar-refractivity contribution in [2.75, 3.05) is 18.5 Å². The van der Waals surface area contributed by atoms with E-state index in [0.29, 0.717) is 6.61 Å². The van der Waals surface area contributed by atoms with Crippen molar-refractivity contribution in [2.24, 2.45) is 0 Å². The van der Waals surface area contributed by atoms with E-state index in [-0.39, 0.29) is 0 Å². The molecule has 21 heavy (non-hydrogen) atoms. The van der Waals surface area contributed by atoms with Crippen LogP contribution in [0.15, 0.2) is 24.3 Å². The van der Waals surface area contributed by atoms with Crippen LogP contribution < -0.4 is 10.1 Å². The average molecular weight is 283 g/mol. The van der Waals surface area contributed by atoms with Gasteiger partial charge in [-0.1, -0.05) is 0 Å². The minimum atomic E-state index is 0.680. The summed E-state index contributed by atoms with van der Waals surface area (Å²) in [5.74, 6) is 2.69. The Labute approximate surface area is 125 Å². The molecule has 0 aliphatic heterocycles. The van der Waals surface area contributed by atoms with Gasteiger partial charge in [-0.05, 0) is 57.4 Å². The third-order valence-corrected chi connectivity index (χ3v) is 3.70. The van der Waals surface area contributed by atoms with Crippen molar-refractivity contribution in [1.82, 2.24) is 9.97 Å². The topological polar surface area (TPSA) is 47.0 Å². The van der Waals surface area contributed by atoms with Gasteiger partial charge in [-0.15, -0.1) is 0 Å². The van der Waals surface area contributed by atoms with Crippen molar-refractivity contribution in [3.63, 3.8) is 0 Å². The molecule has 4 nitrogen and oxygen atoms in total. The first-order valence-electron chi connectivity index (χ1n) is 7.68. The van der Waals surface area contributed by atoms with Crippen LogP contribution in [-0.2, 0) is 12.8 Å². The maximum Gasteiger partial charge on any atom is 0.161 e. The van der Waals surface area contributed by atoms with Crippen LogP contribution in [0.2, 0.25) is 0 Å². The van der Waals surface area contributed by atoms with Crippen molar-refractivity contribution < 1.29 is 4.74 Å². The van der Waals surface area contributed by atoms with Crippen LogP contribution in [0.5, 0.6) is 5.75 Å². The van der Waals surface area contributed by atoms with Gasteiger partial charge in [0.05, 0.1) is 6.61 Å². The van der Waals surface area contributed by atoms with Crippen LogP contribution >= 0.6 is 0 Å². The number of aromatic nitrogens is 2. The van der Waals surface area contributed by atoms with Gasteiger partial charge in [0.1, 0.15) is 11.6 Å². The van der Waals surface area contributed by atoms with Crippen molar-refractivity contribution >= 4 is 5.82 Å². The van der Waals surface area contributed by atoms with Gasteiger partial charge in [-0.3, -0.25) is 0 Å². The van der Waals surface area contributed by atoms with Crippen molar-refractivity contribution in [1.29, 1.82) is 0 Å². The number of fused-ring (bicyclic) bond motifs is 1. The second-order valence-corrected chi connectivity index (χ2v) is 5.16. The molecule has 0 saturated heterocycles. The highest BCUT2D eigenvalue weighted by Gasteiger charge is 2.19. The number of ether oxygens (including phenoxy) is 1. The molecule has 0 spiro atoms. The molecule has 0 amide bonds. The molecule has 3 rings (SSSR count). The molecule has 0 atom stereocenters. The van der Waals surface area contributed by atoms with E-state index >= 15 is 0 Å². The Bertz CT molecular complexity index is 623. The standard InChI is InChI=1S/C17H21N3O/c1-3-18-17-14-6-5-7-15(14)19-16(20-17)12-8-10-13(11-9-12)21-4-2/h8-11H,3-7H2,1-2H3,(H,18,19,20). The summed E-state index contributed by atoms with van der Waals surface area (Å²) in [7, 11) is 0. The van der Waals surface area contributed by atoms with Gasteiger partial charge >= 0.3 is 0 Å². The lowest BCUT2D eigenvalue weighted by Gasteiger charge is -2.11. The van der Waals surface area contributed by atoms with E-state index in [0.717, 1.165) is 42.3 Å². The van der Waals surface area contributed by atoms with Crippen LogP contribution in [0.25, 0.3) is 11.4 Å². The van der Waals surface area contributed by atoms with Gasteiger partial charge < -0.3 is 10.1 Å². The predicted octanol–water partition coefficient (Wildman–Crippen LogP) is 3.46. The number of rotatable bonds is 5. The lowest BCUT2D eigenvalue weighted by molar-refractivity contribution is 0.340. The second kappa shape index (κ2) is 6.12. The molecule has 2 aromatic rings. The minimum Gasteiger partial charge on any atom is -0.494 e. The largest absolute Gasteiger partial charge is 0.494 e. The molecule has 1 N–H and O–H groups in total. The summed E-state index contributed by atoms with van der Waals surface area (Å²) in [4.78, 5) is 9.47. The Morgan fingerprint density at radius 2 is 1.90 bits per heavy atom. The minimum absolute atomic E-state index is 0.680. The van der Waals surface area contributed by atoms with E-state index in [1.165, 1.54) is 17.7 Å². The summed E-state index contributed by atoms with van der Waals surface area (Å²) in [6, 6.07) is 8.00. The van der Waals surface area contributed by atoms with E-state index in [1.54, 1.807) is 0 Å². The molecule has 1 heterocycles. The maximum absolute atomic E-state index is 5.48. The molecular formula is C17H21N3O. The zero-order valence-corrected chi connectivity index (χ0v) is 12.6. The molecule has 4 heteroatoms. The van der Waals surface area contributed by atoms with Gasteiger partial charge in [-0.25, -0.2) is 9.97 Å². The maximum atomic E-state index is 5.48. The Hall–Kier alpha value is -2.10. The number of hydrogen-bond donors (Lipinski definition) is 1. The van der Waals surface area contributed by atoms with Crippen LogP contribution in [0, 0.1) is 0 Å². The molecule has 1 aromatic carbocycles. The number of nitrogens with zero attached hydrogens (tertiary/aromatic N) is 2. The van der Waals surface area contributed by atoms with E-state index in [2.05, 4.69) is 12.2 Å². The lowest BCUT2D eigenvalue weighted by Crippen LogP contribution is -2.06. The van der Waals surface area contributed by atoms with Crippen molar-refractivity contribution in [2.45, 2.75) is 33.1 Å². The Balaban J connectivity index is 1.96. The van der Waals surface area contributed by atoms with Gasteiger partial charge in [0.15, 0.2) is 5.82 Å². The van der Waals surface area contributed by atoms with Crippen LogP contribution in [0.3, 0.4) is 0 Å². The monoisotopic (exact) mass is 283 g/mol. The summed E-state index contributed by atoms with van der Waals surface area (Å²) in [6.45, 7) is 5.64. The Morgan fingerprint density at radius 3 is 2.62 bits per heavy atom. The average Bonchev–Trinajstić information content (AvgIpc) is 2.97. The Morgan fingerprint density at radius 1 is 1.10 bits per heavy atom. The Kier molecular flexibility index (Phi) is 4.04. The highest BCUT2D eigenvalue weighted by atomic mass is 16.5. The van der Waals surface area contributed by atoms with Crippen LogP contribution in [0.1, 0.15) is 31.5 Å². The molecule has 0 radical (unpaired) electrons. The van der Waals surface area contributed by atoms with Crippen molar-refractivity contribution in [3.05, 3.63) is 35.5 Å². The zero-order valence-electron chi connectivity index (χ0n) is 12.6. The van der Waals surface area contributed by atoms with E-state index in [1.807, 2.05) is 31.2 Å². The number of benzene rings is 1. The number of anilines is 1. The molecule has 1 aliphatic carbocycles. The third kappa shape index (κ3) is 2.84. The predicted molar refractivity (Wildman–Crippen MR) is 84.8 cm³/mol. The number of aryl methyl sites for hydroxylation is 1. The lowest BCUT2D eigenvalue weighted by atomic mass is 10.1. The van der Waals surface area contributed by atoms with E-state index < -0.39 is 0 Å². The fourth-order valence-corrected chi connectivity index (χ4v) is 2.74. The second-order valence-electron chi connectivity index (χ2n) is 5.16. The first-order chi connectivity index (χ1) is 10.3. The quantitative estimate of drug-likeness (QED) is 0.913. The molecule has 1 aromatic heterocycles. The van der Waals surface area contributed by atoms with Gasteiger partial charge in [0, 0.05) is 23.4 Å². The van der Waals surface area contributed by atoms with Gasteiger partial charge in [0.2, 0.25) is 0 Å². The fraction of sp³-hybridized carbons (Fsp3) is 0.412. The summed E-state index contributed by atoms with van der Waals surface area (Å²) >= 11 is 0. The van der Waals surface area contributed by atoms with E-state index in [4.69, 9.17) is 14.7 Å². The molecule has 0 saturated carbocycles. The summed E-state index contributed by atoms with van der Waals surface area (Å²) in [5, 5.41) is 3.37. The molecule has 0 fully saturated rings. The molecule has 0 unspecified atom stereocenters. The van der Waals surface area contributed by atoms with Crippen molar-refractivity contribution in [3.8, 4) is 17.1 Å². The summed E-state index contributed by atoms with van der Waals surface area (Å²) in [6.07, 6.45) is 3.32. The first-order valence-corrected chi connectivity index (χ1v) is 7.68. The summed E-state index contributed by atoms with van der Waals surface area (Å²) in [5.41, 5.74) is 3.53. The molecule has 1 aliphatic rings. The van der Waals surface area contributed by atoms with E-state index in [9.17, 15) is 0 Å². The van der Waals surface area contributed by atoms with Gasteiger partial charge in [0.25, 0.3) is 0 Å². The normalized spacial score (nSPS) is 13.0.